The topological polar surface area (TPSA) is 68.0 Å². The molecule has 0 amide bonds. The highest BCUT2D eigenvalue weighted by Gasteiger charge is 2.11. The van der Waals surface area contributed by atoms with Crippen LogP contribution in [0.5, 0.6) is 0 Å². The fraction of sp³-hybridized carbons (Fsp3) is 0.400. The van der Waals surface area contributed by atoms with Crippen molar-refractivity contribution in [3.8, 4) is 0 Å². The molecule has 1 atom stereocenters. The number of ketones is 1. The molecule has 0 bridgehead atoms. The van der Waals surface area contributed by atoms with Crippen LogP contribution in [-0.4, -0.2) is 34.8 Å². The van der Waals surface area contributed by atoms with Crippen molar-refractivity contribution in [2.75, 3.05) is 12.8 Å². The van der Waals surface area contributed by atoms with Crippen molar-refractivity contribution in [3.05, 3.63) is 46.6 Å². The average Bonchev–Trinajstić information content (AvgIpc) is 2.95. The molecule has 1 N–H and O–H groups in total. The number of carbonyl (C=O) groups is 1. The smallest absolute Gasteiger partial charge is 0.236 e. The summed E-state index contributed by atoms with van der Waals surface area (Å²) in [5, 5.41) is 7.68. The summed E-state index contributed by atoms with van der Waals surface area (Å²) in [6.07, 6.45) is 0.717. The van der Waals surface area contributed by atoms with Crippen molar-refractivity contribution in [2.45, 2.75) is 25.1 Å². The molecule has 23 heavy (non-hydrogen) atoms. The summed E-state index contributed by atoms with van der Waals surface area (Å²) >= 11 is 7.26. The predicted molar refractivity (Wildman–Crippen MR) is 95.7 cm³/mol. The van der Waals surface area contributed by atoms with Crippen molar-refractivity contribution in [1.29, 1.82) is 0 Å². The van der Waals surface area contributed by atoms with E-state index in [-0.39, 0.29) is 18.2 Å². The number of nitrogens with one attached hydrogen (secondary N) is 1. The van der Waals surface area contributed by atoms with E-state index in [1.807, 2.05) is 7.05 Å². The second-order valence-corrected chi connectivity index (χ2v) is 6.34. The van der Waals surface area contributed by atoms with Gasteiger partial charge in [0.15, 0.2) is 11.6 Å². The molecule has 2 aromatic rings. The summed E-state index contributed by atoms with van der Waals surface area (Å²) in [4.78, 5) is 16.3. The van der Waals surface area contributed by atoms with Gasteiger partial charge in [-0.1, -0.05) is 16.8 Å². The van der Waals surface area contributed by atoms with Gasteiger partial charge >= 0.3 is 0 Å². The second kappa shape index (κ2) is 9.93. The van der Waals surface area contributed by atoms with Crippen LogP contribution in [0.15, 0.2) is 28.8 Å². The zero-order valence-corrected chi connectivity index (χ0v) is 15.3. The van der Waals surface area contributed by atoms with Gasteiger partial charge in [0.2, 0.25) is 5.89 Å². The van der Waals surface area contributed by atoms with Gasteiger partial charge in [0.1, 0.15) is 0 Å². The Balaban J connectivity index is 0.00000264. The molecule has 1 aromatic heterocycles. The molecule has 0 aliphatic heterocycles. The number of nitrogens with zero attached hydrogens (tertiary/aromatic N) is 2. The van der Waals surface area contributed by atoms with E-state index in [1.165, 1.54) is 11.8 Å². The molecule has 8 heteroatoms. The Morgan fingerprint density at radius 1 is 1.39 bits per heavy atom. The minimum atomic E-state index is 0. The van der Waals surface area contributed by atoms with Crippen molar-refractivity contribution in [3.63, 3.8) is 0 Å². The molecular weight excluding hydrogens is 357 g/mol. The first-order valence-electron chi connectivity index (χ1n) is 6.93. The van der Waals surface area contributed by atoms with Crippen LogP contribution in [0.2, 0.25) is 5.02 Å². The van der Waals surface area contributed by atoms with E-state index in [1.54, 1.807) is 24.3 Å². The third-order valence-corrected chi connectivity index (χ3v) is 4.29. The van der Waals surface area contributed by atoms with Crippen LogP contribution in [-0.2, 0) is 12.2 Å². The highest BCUT2D eigenvalue weighted by atomic mass is 35.5. The Morgan fingerprint density at radius 2 is 2.09 bits per heavy atom. The molecule has 0 saturated carbocycles. The Morgan fingerprint density at radius 3 is 2.74 bits per heavy atom. The second-order valence-electron chi connectivity index (χ2n) is 4.92. The van der Waals surface area contributed by atoms with Gasteiger partial charge in [-0.05, 0) is 38.2 Å². The van der Waals surface area contributed by atoms with E-state index in [0.717, 1.165) is 0 Å². The van der Waals surface area contributed by atoms with Gasteiger partial charge < -0.3 is 9.84 Å². The highest BCUT2D eigenvalue weighted by Crippen LogP contribution is 2.15. The number of rotatable bonds is 8. The predicted octanol–water partition coefficient (Wildman–Crippen LogP) is 3.41. The summed E-state index contributed by atoms with van der Waals surface area (Å²) in [6.45, 7) is 2.05. The van der Waals surface area contributed by atoms with E-state index in [4.69, 9.17) is 16.1 Å². The fourth-order valence-corrected chi connectivity index (χ4v) is 2.63. The van der Waals surface area contributed by atoms with Gasteiger partial charge in [0, 0.05) is 23.0 Å². The molecule has 1 unspecified atom stereocenters. The molecule has 2 rings (SSSR count). The molecule has 0 radical (unpaired) electrons. The van der Waals surface area contributed by atoms with Gasteiger partial charge in [-0.15, -0.1) is 24.2 Å². The number of hydrogen-bond acceptors (Lipinski definition) is 6. The minimum absolute atomic E-state index is 0. The van der Waals surface area contributed by atoms with Crippen LogP contribution in [0, 0.1) is 0 Å². The summed E-state index contributed by atoms with van der Waals surface area (Å²) < 4.78 is 5.17. The fourth-order valence-electron chi connectivity index (χ4n) is 1.76. The minimum Gasteiger partial charge on any atom is -0.338 e. The Bertz CT molecular complexity index is 619. The normalized spacial score (nSPS) is 11.8. The van der Waals surface area contributed by atoms with Crippen molar-refractivity contribution >= 4 is 41.6 Å². The lowest BCUT2D eigenvalue weighted by atomic mass is 10.1. The van der Waals surface area contributed by atoms with Crippen LogP contribution < -0.4 is 5.32 Å². The third kappa shape index (κ3) is 6.51. The van der Waals surface area contributed by atoms with E-state index in [0.29, 0.717) is 46.3 Å². The largest absolute Gasteiger partial charge is 0.338 e. The van der Waals surface area contributed by atoms with Gasteiger partial charge in [0.25, 0.3) is 0 Å². The SMILES string of the molecule is CNC(C)Cc1noc(CSCC(=O)c2ccc(Cl)cc2)n1.Cl. The van der Waals surface area contributed by atoms with E-state index < -0.39 is 0 Å². The Hall–Kier alpha value is -1.08. The molecule has 1 heterocycles. The summed E-state index contributed by atoms with van der Waals surface area (Å²) in [5.41, 5.74) is 0.658. The van der Waals surface area contributed by atoms with Gasteiger partial charge in [0.05, 0.1) is 11.5 Å². The molecule has 5 nitrogen and oxygen atoms in total. The van der Waals surface area contributed by atoms with Crippen LogP contribution >= 0.6 is 35.8 Å². The first-order valence-corrected chi connectivity index (χ1v) is 8.47. The van der Waals surface area contributed by atoms with Crippen LogP contribution in [0.1, 0.15) is 29.0 Å². The van der Waals surface area contributed by atoms with Gasteiger partial charge in [-0.3, -0.25) is 4.79 Å². The standard InChI is InChI=1S/C15H18ClN3O2S.ClH/c1-10(17-2)7-14-18-15(21-19-14)9-22-8-13(20)11-3-5-12(16)6-4-11;/h3-6,10,17H,7-9H2,1-2H3;1H. The molecule has 0 aliphatic rings. The number of Topliss-reactive ketones (excluding diaryl/α,β-unsaturated/α-hetero) is 1. The number of aromatic nitrogens is 2. The first-order chi connectivity index (χ1) is 10.6. The molecule has 1 aromatic carbocycles. The number of likely N-dealkylation sites (N-methyl/N-ethyl adjacent to an activating group) is 1. The Labute approximate surface area is 151 Å². The van der Waals surface area contributed by atoms with Crippen molar-refractivity contribution in [2.24, 2.45) is 0 Å². The zero-order chi connectivity index (χ0) is 15.9. The molecule has 0 fully saturated rings. The van der Waals surface area contributed by atoms with Gasteiger partial charge in [-0.25, -0.2) is 0 Å². The quantitative estimate of drug-likeness (QED) is 0.712. The maximum atomic E-state index is 12.0. The zero-order valence-electron chi connectivity index (χ0n) is 12.9. The summed E-state index contributed by atoms with van der Waals surface area (Å²) in [6, 6.07) is 7.19. The molecule has 0 aliphatic carbocycles. The van der Waals surface area contributed by atoms with Crippen LogP contribution in [0.3, 0.4) is 0 Å². The highest BCUT2D eigenvalue weighted by molar-refractivity contribution is 7.99. The molecular formula is C15H19Cl2N3O2S. The molecule has 126 valence electrons. The number of thioether (sulfide) groups is 1. The first kappa shape index (κ1) is 20.0. The van der Waals surface area contributed by atoms with Crippen molar-refractivity contribution in [1.82, 2.24) is 15.5 Å². The van der Waals surface area contributed by atoms with Crippen LogP contribution in [0.4, 0.5) is 0 Å². The number of halogens is 2. The molecule has 0 saturated heterocycles. The lowest BCUT2D eigenvalue weighted by Gasteiger charge is -2.04. The number of hydrogen-bond donors (Lipinski definition) is 1. The molecule has 0 spiro atoms. The number of benzene rings is 1. The van der Waals surface area contributed by atoms with Crippen LogP contribution in [0.25, 0.3) is 0 Å². The maximum Gasteiger partial charge on any atom is 0.236 e. The summed E-state index contributed by atoms with van der Waals surface area (Å²) in [7, 11) is 1.89. The monoisotopic (exact) mass is 375 g/mol. The Kier molecular flexibility index (Phi) is 8.62. The third-order valence-electron chi connectivity index (χ3n) is 3.12. The average molecular weight is 376 g/mol. The van der Waals surface area contributed by atoms with E-state index in [2.05, 4.69) is 22.4 Å². The summed E-state index contributed by atoms with van der Waals surface area (Å²) in [5.74, 6) is 2.19. The van der Waals surface area contributed by atoms with E-state index in [9.17, 15) is 4.79 Å². The maximum absolute atomic E-state index is 12.0. The van der Waals surface area contributed by atoms with E-state index >= 15 is 0 Å². The van der Waals surface area contributed by atoms with Gasteiger partial charge in [-0.2, -0.15) is 4.98 Å². The number of carbonyl (C=O) groups excluding carboxylic acids is 1. The van der Waals surface area contributed by atoms with Crippen molar-refractivity contribution < 1.29 is 9.32 Å². The lowest BCUT2D eigenvalue weighted by molar-refractivity contribution is 0.102. The lowest BCUT2D eigenvalue weighted by Crippen LogP contribution is -2.24.